The third-order valence-corrected chi connectivity index (χ3v) is 5.65. The van der Waals surface area contributed by atoms with E-state index in [1.165, 1.54) is 17.8 Å². The van der Waals surface area contributed by atoms with E-state index in [2.05, 4.69) is 38.0 Å². The monoisotopic (exact) mass is 490 g/mol. The van der Waals surface area contributed by atoms with E-state index >= 15 is 0 Å². The zero-order valence-electron chi connectivity index (χ0n) is 16.3. The molecule has 2 aromatic carbocycles. The van der Waals surface area contributed by atoms with Gasteiger partial charge in [0.05, 0.1) is 11.4 Å². The Kier molecular flexibility index (Phi) is 7.64. The van der Waals surface area contributed by atoms with Crippen molar-refractivity contribution in [1.29, 1.82) is 0 Å². The minimum atomic E-state index is -0.444. The molecule has 0 aliphatic carbocycles. The molecular formula is C21H20BrFN4O2S. The molecule has 3 aromatic rings. The Balaban J connectivity index is 1.63. The highest BCUT2D eigenvalue weighted by Gasteiger charge is 2.15. The van der Waals surface area contributed by atoms with E-state index < -0.39 is 5.82 Å². The topological polar surface area (TPSA) is 69.0 Å². The summed E-state index contributed by atoms with van der Waals surface area (Å²) < 4.78 is 21.9. The fourth-order valence-electron chi connectivity index (χ4n) is 2.59. The first-order chi connectivity index (χ1) is 14.5. The van der Waals surface area contributed by atoms with Crippen molar-refractivity contribution >= 4 is 39.3 Å². The van der Waals surface area contributed by atoms with Crippen LogP contribution in [0.15, 0.2) is 64.7 Å². The zero-order chi connectivity index (χ0) is 21.5. The minimum absolute atomic E-state index is 0.0465. The predicted octanol–water partition coefficient (Wildman–Crippen LogP) is 4.98. The number of benzene rings is 2. The molecule has 0 spiro atoms. The number of anilines is 1. The molecule has 0 aliphatic rings. The normalized spacial score (nSPS) is 10.6. The summed E-state index contributed by atoms with van der Waals surface area (Å²) in [7, 11) is 0. The second kappa shape index (κ2) is 10.4. The highest BCUT2D eigenvalue weighted by molar-refractivity contribution is 9.10. The molecule has 1 heterocycles. The summed E-state index contributed by atoms with van der Waals surface area (Å²) in [6, 6.07) is 11.9. The van der Waals surface area contributed by atoms with Crippen molar-refractivity contribution < 1.29 is 13.9 Å². The van der Waals surface area contributed by atoms with E-state index in [0.29, 0.717) is 23.2 Å². The fraction of sp³-hybridized carbons (Fsp3) is 0.190. The molecule has 30 heavy (non-hydrogen) atoms. The first-order valence-electron chi connectivity index (χ1n) is 9.07. The van der Waals surface area contributed by atoms with E-state index in [1.807, 2.05) is 25.1 Å². The van der Waals surface area contributed by atoms with Crippen LogP contribution in [0.1, 0.15) is 11.4 Å². The average molecular weight is 491 g/mol. The molecule has 0 bridgehead atoms. The molecule has 0 aliphatic heterocycles. The number of aromatic nitrogens is 3. The fourth-order valence-corrected chi connectivity index (χ4v) is 3.95. The molecule has 0 fully saturated rings. The first-order valence-corrected chi connectivity index (χ1v) is 10.8. The SMILES string of the molecule is C=CCn1c(COc2ccccc2F)nnc1SCC(=O)Nc1ccc(C)cc1Br. The van der Waals surface area contributed by atoms with Gasteiger partial charge in [0.2, 0.25) is 5.91 Å². The van der Waals surface area contributed by atoms with E-state index in [9.17, 15) is 9.18 Å². The number of ether oxygens (including phenoxy) is 1. The number of nitrogens with zero attached hydrogens (tertiary/aromatic N) is 3. The van der Waals surface area contributed by atoms with Crippen LogP contribution in [0.4, 0.5) is 10.1 Å². The van der Waals surface area contributed by atoms with E-state index in [4.69, 9.17) is 4.74 Å². The first kappa shape index (κ1) is 22.0. The van der Waals surface area contributed by atoms with Gasteiger partial charge in [-0.2, -0.15) is 0 Å². The van der Waals surface area contributed by atoms with Gasteiger partial charge in [0.15, 0.2) is 22.5 Å². The molecule has 156 valence electrons. The van der Waals surface area contributed by atoms with Crippen molar-refractivity contribution in [2.75, 3.05) is 11.1 Å². The molecule has 0 unspecified atom stereocenters. The molecule has 9 heteroatoms. The van der Waals surface area contributed by atoms with Crippen LogP contribution in [0, 0.1) is 12.7 Å². The summed E-state index contributed by atoms with van der Waals surface area (Å²) in [6.45, 7) is 6.21. The zero-order valence-corrected chi connectivity index (χ0v) is 18.7. The highest BCUT2D eigenvalue weighted by Crippen LogP contribution is 2.24. The molecule has 0 saturated heterocycles. The second-order valence-electron chi connectivity index (χ2n) is 6.34. The number of aryl methyl sites for hydroxylation is 1. The molecule has 0 radical (unpaired) electrons. The van der Waals surface area contributed by atoms with Gasteiger partial charge < -0.3 is 10.1 Å². The standard InChI is InChI=1S/C21H20BrFN4O2S/c1-3-10-27-19(12-29-18-7-5-4-6-16(18)23)25-26-21(27)30-13-20(28)24-17-9-8-14(2)11-15(17)22/h3-9,11H,1,10,12-13H2,2H3,(H,24,28). The smallest absolute Gasteiger partial charge is 0.234 e. The lowest BCUT2D eigenvalue weighted by Crippen LogP contribution is -2.15. The van der Waals surface area contributed by atoms with Gasteiger partial charge in [0.1, 0.15) is 6.61 Å². The van der Waals surface area contributed by atoms with Crippen LogP contribution < -0.4 is 10.1 Å². The highest BCUT2D eigenvalue weighted by atomic mass is 79.9. The predicted molar refractivity (Wildman–Crippen MR) is 119 cm³/mol. The van der Waals surface area contributed by atoms with Crippen molar-refractivity contribution in [2.24, 2.45) is 0 Å². The van der Waals surface area contributed by atoms with Gasteiger partial charge in [-0.15, -0.1) is 16.8 Å². The lowest BCUT2D eigenvalue weighted by Gasteiger charge is -2.10. The summed E-state index contributed by atoms with van der Waals surface area (Å²) in [5.74, 6) is 0.206. The molecule has 6 nitrogen and oxygen atoms in total. The summed E-state index contributed by atoms with van der Waals surface area (Å²) in [5, 5.41) is 11.7. The van der Waals surface area contributed by atoms with Gasteiger partial charge in [0.25, 0.3) is 0 Å². The number of hydrogen-bond acceptors (Lipinski definition) is 5. The van der Waals surface area contributed by atoms with Crippen LogP contribution in [0.25, 0.3) is 0 Å². The van der Waals surface area contributed by atoms with E-state index in [1.54, 1.807) is 28.8 Å². The maximum absolute atomic E-state index is 13.7. The van der Waals surface area contributed by atoms with Gasteiger partial charge in [0, 0.05) is 11.0 Å². The van der Waals surface area contributed by atoms with Crippen molar-refractivity contribution in [2.45, 2.75) is 25.2 Å². The van der Waals surface area contributed by atoms with Gasteiger partial charge >= 0.3 is 0 Å². The number of nitrogens with one attached hydrogen (secondary N) is 1. The third kappa shape index (κ3) is 5.70. The molecule has 1 aromatic heterocycles. The number of hydrogen-bond donors (Lipinski definition) is 1. The molecule has 0 saturated carbocycles. The molecule has 0 atom stereocenters. The van der Waals surface area contributed by atoms with E-state index in [0.717, 1.165) is 10.0 Å². The Hall–Kier alpha value is -2.65. The number of rotatable bonds is 9. The van der Waals surface area contributed by atoms with Gasteiger partial charge in [-0.1, -0.05) is 36.0 Å². The Morgan fingerprint density at radius 2 is 2.13 bits per heavy atom. The third-order valence-electron chi connectivity index (χ3n) is 4.03. The molecule has 1 N–H and O–H groups in total. The van der Waals surface area contributed by atoms with Crippen LogP contribution in [0.3, 0.4) is 0 Å². The minimum Gasteiger partial charge on any atom is -0.483 e. The quantitative estimate of drug-likeness (QED) is 0.338. The molecule has 3 rings (SSSR count). The Morgan fingerprint density at radius 1 is 1.33 bits per heavy atom. The number of para-hydroxylation sites is 1. The number of thioether (sulfide) groups is 1. The maximum atomic E-state index is 13.7. The van der Waals surface area contributed by atoms with Crippen LogP contribution in [0.5, 0.6) is 5.75 Å². The molecule has 1 amide bonds. The van der Waals surface area contributed by atoms with Crippen LogP contribution in [-0.2, 0) is 17.9 Å². The number of carbonyl (C=O) groups is 1. The average Bonchev–Trinajstić information content (AvgIpc) is 3.10. The summed E-state index contributed by atoms with van der Waals surface area (Å²) >= 11 is 4.70. The van der Waals surface area contributed by atoms with Crippen LogP contribution in [-0.4, -0.2) is 26.4 Å². The summed E-state index contributed by atoms with van der Waals surface area (Å²) in [5.41, 5.74) is 1.80. The lowest BCUT2D eigenvalue weighted by molar-refractivity contribution is -0.113. The second-order valence-corrected chi connectivity index (χ2v) is 8.13. The van der Waals surface area contributed by atoms with Crippen LogP contribution >= 0.6 is 27.7 Å². The summed E-state index contributed by atoms with van der Waals surface area (Å²) in [4.78, 5) is 12.4. The van der Waals surface area contributed by atoms with Crippen LogP contribution in [0.2, 0.25) is 0 Å². The number of allylic oxidation sites excluding steroid dienone is 1. The number of halogens is 2. The van der Waals surface area contributed by atoms with Crippen molar-refractivity contribution in [3.63, 3.8) is 0 Å². The van der Waals surface area contributed by atoms with Gasteiger partial charge in [-0.05, 0) is 52.7 Å². The van der Waals surface area contributed by atoms with Crippen molar-refractivity contribution in [3.8, 4) is 5.75 Å². The number of carbonyl (C=O) groups excluding carboxylic acids is 1. The Bertz CT molecular complexity index is 1060. The van der Waals surface area contributed by atoms with Crippen molar-refractivity contribution in [1.82, 2.24) is 14.8 Å². The Labute approximate surface area is 186 Å². The van der Waals surface area contributed by atoms with Crippen molar-refractivity contribution in [3.05, 3.63) is 76.8 Å². The van der Waals surface area contributed by atoms with Gasteiger partial charge in [-0.25, -0.2) is 4.39 Å². The van der Waals surface area contributed by atoms with E-state index in [-0.39, 0.29) is 24.0 Å². The lowest BCUT2D eigenvalue weighted by atomic mass is 10.2. The summed E-state index contributed by atoms with van der Waals surface area (Å²) in [6.07, 6.45) is 1.70. The van der Waals surface area contributed by atoms with Gasteiger partial charge in [-0.3, -0.25) is 9.36 Å². The molecular weight excluding hydrogens is 471 g/mol. The number of amides is 1. The Morgan fingerprint density at radius 3 is 2.87 bits per heavy atom. The largest absolute Gasteiger partial charge is 0.483 e. The maximum Gasteiger partial charge on any atom is 0.234 e.